The van der Waals surface area contributed by atoms with E-state index < -0.39 is 5.97 Å². The summed E-state index contributed by atoms with van der Waals surface area (Å²) in [5.74, 6) is -0.878. The summed E-state index contributed by atoms with van der Waals surface area (Å²) in [5.41, 5.74) is 1.52. The van der Waals surface area contributed by atoms with Crippen molar-refractivity contribution in [1.82, 2.24) is 4.98 Å². The number of rotatable bonds is 2. The van der Waals surface area contributed by atoms with Crippen LogP contribution in [0.4, 0.5) is 0 Å². The molecule has 0 amide bonds. The molecule has 1 aromatic heterocycles. The van der Waals surface area contributed by atoms with Gasteiger partial charge >= 0.3 is 5.97 Å². The maximum absolute atomic E-state index is 10.6. The Hall–Kier alpha value is -1.48. The van der Waals surface area contributed by atoms with E-state index in [9.17, 15) is 4.79 Å². The number of carbonyl (C=O) groups is 1. The molecule has 0 bridgehead atoms. The number of benzene rings is 1. The van der Waals surface area contributed by atoms with Crippen molar-refractivity contribution in [3.63, 3.8) is 0 Å². The first-order chi connectivity index (χ1) is 6.68. The van der Waals surface area contributed by atoms with Gasteiger partial charge in [0, 0.05) is 16.5 Å². The molecule has 0 saturated heterocycles. The van der Waals surface area contributed by atoms with Crippen LogP contribution < -0.4 is 0 Å². The summed E-state index contributed by atoms with van der Waals surface area (Å²) in [4.78, 5) is 13.5. The number of hydrogen-bond donors (Lipinski definition) is 2. The van der Waals surface area contributed by atoms with Crippen molar-refractivity contribution in [1.29, 1.82) is 0 Å². The second-order valence-corrected chi connectivity index (χ2v) is 3.41. The third-order valence-electron chi connectivity index (χ3n) is 2.09. The molecule has 1 heterocycles. The summed E-state index contributed by atoms with van der Waals surface area (Å²) in [6, 6.07) is 7.46. The van der Waals surface area contributed by atoms with Gasteiger partial charge in [-0.1, -0.05) is 29.8 Å². The average molecular weight is 210 g/mol. The Morgan fingerprint density at radius 3 is 2.86 bits per heavy atom. The van der Waals surface area contributed by atoms with Gasteiger partial charge in [-0.15, -0.1) is 0 Å². The molecule has 0 aliphatic rings. The maximum atomic E-state index is 10.6. The fourth-order valence-corrected chi connectivity index (χ4v) is 1.76. The fraction of sp³-hybridized carbons (Fsp3) is 0.100. The highest BCUT2D eigenvalue weighted by Gasteiger charge is 2.11. The third kappa shape index (κ3) is 1.46. The number of aromatic nitrogens is 1. The van der Waals surface area contributed by atoms with Crippen LogP contribution in [0.1, 0.15) is 5.56 Å². The number of aromatic amines is 1. The fourth-order valence-electron chi connectivity index (χ4n) is 1.49. The molecular weight excluding hydrogens is 202 g/mol. The van der Waals surface area contributed by atoms with Gasteiger partial charge in [0.2, 0.25) is 0 Å². The molecule has 0 atom stereocenters. The van der Waals surface area contributed by atoms with Gasteiger partial charge in [0.05, 0.1) is 6.42 Å². The number of fused-ring (bicyclic) bond motifs is 1. The van der Waals surface area contributed by atoms with E-state index in [1.165, 1.54) is 0 Å². The van der Waals surface area contributed by atoms with E-state index >= 15 is 0 Å². The predicted octanol–water partition coefficient (Wildman–Crippen LogP) is 2.45. The lowest BCUT2D eigenvalue weighted by Crippen LogP contribution is -1.99. The van der Waals surface area contributed by atoms with Crippen LogP contribution in [-0.2, 0) is 11.2 Å². The highest BCUT2D eigenvalue weighted by molar-refractivity contribution is 6.32. The van der Waals surface area contributed by atoms with Crippen LogP contribution in [0.3, 0.4) is 0 Å². The maximum Gasteiger partial charge on any atom is 0.307 e. The summed E-state index contributed by atoms with van der Waals surface area (Å²) < 4.78 is 0. The van der Waals surface area contributed by atoms with Gasteiger partial charge < -0.3 is 10.1 Å². The van der Waals surface area contributed by atoms with E-state index in [4.69, 9.17) is 16.7 Å². The summed E-state index contributed by atoms with van der Waals surface area (Å²) in [6.07, 6.45) is -0.0527. The summed E-state index contributed by atoms with van der Waals surface area (Å²) in [5, 5.41) is 9.98. The van der Waals surface area contributed by atoms with Crippen LogP contribution >= 0.6 is 11.6 Å². The lowest BCUT2D eigenvalue weighted by molar-refractivity contribution is -0.136. The first-order valence-corrected chi connectivity index (χ1v) is 4.53. The van der Waals surface area contributed by atoms with Crippen molar-refractivity contribution in [3.05, 3.63) is 35.0 Å². The van der Waals surface area contributed by atoms with Crippen LogP contribution in [0.2, 0.25) is 5.15 Å². The summed E-state index contributed by atoms with van der Waals surface area (Å²) in [6.45, 7) is 0. The second kappa shape index (κ2) is 3.35. The first kappa shape index (κ1) is 9.09. The number of hydrogen-bond acceptors (Lipinski definition) is 1. The number of H-pyrrole nitrogens is 1. The third-order valence-corrected chi connectivity index (χ3v) is 2.41. The van der Waals surface area contributed by atoms with Gasteiger partial charge in [0.25, 0.3) is 0 Å². The minimum atomic E-state index is -0.878. The minimum Gasteiger partial charge on any atom is -0.481 e. The smallest absolute Gasteiger partial charge is 0.307 e. The average Bonchev–Trinajstić information content (AvgIpc) is 2.43. The Labute approximate surface area is 85.3 Å². The van der Waals surface area contributed by atoms with Crippen molar-refractivity contribution in [3.8, 4) is 0 Å². The van der Waals surface area contributed by atoms with Gasteiger partial charge in [-0.05, 0) is 6.07 Å². The standard InChI is InChI=1S/C10H8ClNO2/c11-10-7(5-9(13)14)6-3-1-2-4-8(6)12-10/h1-4,12H,5H2,(H,13,14). The lowest BCUT2D eigenvalue weighted by atomic mass is 10.1. The van der Waals surface area contributed by atoms with Crippen LogP contribution in [0.5, 0.6) is 0 Å². The first-order valence-electron chi connectivity index (χ1n) is 4.15. The second-order valence-electron chi connectivity index (χ2n) is 3.03. The zero-order valence-corrected chi connectivity index (χ0v) is 8.01. The largest absolute Gasteiger partial charge is 0.481 e. The molecule has 2 N–H and O–H groups in total. The lowest BCUT2D eigenvalue weighted by Gasteiger charge is -1.94. The Kier molecular flexibility index (Phi) is 2.17. The molecule has 3 nitrogen and oxygen atoms in total. The number of nitrogens with one attached hydrogen (secondary N) is 1. The van der Waals surface area contributed by atoms with Crippen molar-refractivity contribution in [2.75, 3.05) is 0 Å². The minimum absolute atomic E-state index is 0.0527. The van der Waals surface area contributed by atoms with E-state index in [-0.39, 0.29) is 6.42 Å². The van der Waals surface area contributed by atoms with Gasteiger partial charge in [0.15, 0.2) is 0 Å². The van der Waals surface area contributed by atoms with Crippen LogP contribution in [-0.4, -0.2) is 16.1 Å². The molecular formula is C10H8ClNO2. The highest BCUT2D eigenvalue weighted by Crippen LogP contribution is 2.26. The van der Waals surface area contributed by atoms with Gasteiger partial charge in [-0.3, -0.25) is 4.79 Å². The van der Waals surface area contributed by atoms with Gasteiger partial charge in [0.1, 0.15) is 5.15 Å². The van der Waals surface area contributed by atoms with Crippen LogP contribution in [0.25, 0.3) is 10.9 Å². The SMILES string of the molecule is O=C(O)Cc1c(Cl)[nH]c2ccccc12. The van der Waals surface area contributed by atoms with Crippen molar-refractivity contribution < 1.29 is 9.90 Å². The Morgan fingerprint density at radius 1 is 1.43 bits per heavy atom. The van der Waals surface area contributed by atoms with Crippen LogP contribution in [0.15, 0.2) is 24.3 Å². The van der Waals surface area contributed by atoms with E-state index in [2.05, 4.69) is 4.98 Å². The number of halogens is 1. The topological polar surface area (TPSA) is 53.1 Å². The predicted molar refractivity (Wildman–Crippen MR) is 54.6 cm³/mol. The zero-order chi connectivity index (χ0) is 10.1. The van der Waals surface area contributed by atoms with E-state index in [1.54, 1.807) is 0 Å². The summed E-state index contributed by atoms with van der Waals surface area (Å²) >= 11 is 5.89. The molecule has 0 unspecified atom stereocenters. The molecule has 0 spiro atoms. The normalized spacial score (nSPS) is 10.6. The molecule has 2 aromatic rings. The van der Waals surface area contributed by atoms with Crippen molar-refractivity contribution in [2.45, 2.75) is 6.42 Å². The molecule has 2 rings (SSSR count). The monoisotopic (exact) mass is 209 g/mol. The van der Waals surface area contributed by atoms with Crippen molar-refractivity contribution >= 4 is 28.5 Å². The van der Waals surface area contributed by atoms with E-state index in [0.29, 0.717) is 10.7 Å². The Balaban J connectivity index is 2.62. The Morgan fingerprint density at radius 2 is 2.14 bits per heavy atom. The van der Waals surface area contributed by atoms with E-state index in [0.717, 1.165) is 10.9 Å². The number of carboxylic acid groups (broad SMARTS) is 1. The molecule has 4 heteroatoms. The highest BCUT2D eigenvalue weighted by atomic mass is 35.5. The number of aliphatic carboxylic acids is 1. The van der Waals surface area contributed by atoms with Crippen molar-refractivity contribution in [2.24, 2.45) is 0 Å². The molecule has 1 aromatic carbocycles. The molecule has 72 valence electrons. The zero-order valence-electron chi connectivity index (χ0n) is 7.25. The Bertz CT molecular complexity index is 490. The van der Waals surface area contributed by atoms with Crippen LogP contribution in [0, 0.1) is 0 Å². The number of carboxylic acids is 1. The number of para-hydroxylation sites is 1. The molecule has 0 radical (unpaired) electrons. The van der Waals surface area contributed by atoms with E-state index in [1.807, 2.05) is 24.3 Å². The molecule has 0 saturated carbocycles. The molecule has 14 heavy (non-hydrogen) atoms. The molecule has 0 aliphatic heterocycles. The van der Waals surface area contributed by atoms with Gasteiger partial charge in [-0.2, -0.15) is 0 Å². The molecule has 0 aliphatic carbocycles. The molecule has 0 fully saturated rings. The summed E-state index contributed by atoms with van der Waals surface area (Å²) in [7, 11) is 0. The van der Waals surface area contributed by atoms with Gasteiger partial charge in [-0.25, -0.2) is 0 Å². The quantitative estimate of drug-likeness (QED) is 0.798.